The molecule has 0 aliphatic rings. The number of allylic oxidation sites excluding steroid dienone is 2. The normalized spacial score (nSPS) is 12.5. The van der Waals surface area contributed by atoms with Crippen LogP contribution in [-0.4, -0.2) is 47.4 Å². The van der Waals surface area contributed by atoms with Crippen molar-refractivity contribution in [2.75, 3.05) is 13.2 Å². The number of carbonyl (C=O) groups excluding carboxylic acids is 2. The van der Waals surface area contributed by atoms with Crippen LogP contribution < -0.4 is 5.32 Å². The zero-order valence-corrected chi connectivity index (χ0v) is 59.5. The zero-order chi connectivity index (χ0) is 62.8. The number of aliphatic hydroxyl groups is 2. The SMILES string of the molecule is CCCCCCCCCCCCCCCCCCCCCCC(O)C(CO)NC(=O)CCCCCCCCCCCCCCCCCCC/C=C\CCCCCCCCCCCCCCCCOC(=O)CCCCCCCCCCCCCCCCC. The molecular weight excluding hydrogens is 1070 g/mol. The molecule has 0 radical (unpaired) electrons. The van der Waals surface area contributed by atoms with Crippen LogP contribution in [0.1, 0.15) is 470 Å². The smallest absolute Gasteiger partial charge is 0.305 e. The fourth-order valence-corrected chi connectivity index (χ4v) is 13.2. The number of amides is 1. The molecule has 3 N–H and O–H groups in total. The Morgan fingerprint density at radius 2 is 0.540 bits per heavy atom. The van der Waals surface area contributed by atoms with Gasteiger partial charge in [-0.25, -0.2) is 0 Å². The monoisotopic (exact) mass is 1230 g/mol. The summed E-state index contributed by atoms with van der Waals surface area (Å²) in [6.45, 7) is 5.02. The first kappa shape index (κ1) is 85.6. The first-order chi connectivity index (χ1) is 43.0. The molecular formula is C81H159NO5. The van der Waals surface area contributed by atoms with E-state index in [0.29, 0.717) is 25.9 Å². The molecule has 87 heavy (non-hydrogen) atoms. The highest BCUT2D eigenvalue weighted by molar-refractivity contribution is 5.76. The molecule has 0 heterocycles. The number of carbonyl (C=O) groups is 2. The molecule has 0 saturated heterocycles. The summed E-state index contributed by atoms with van der Waals surface area (Å²) in [5, 5.41) is 23.4. The first-order valence-corrected chi connectivity index (χ1v) is 40.4. The number of ether oxygens (including phenoxy) is 1. The first-order valence-electron chi connectivity index (χ1n) is 40.4. The van der Waals surface area contributed by atoms with E-state index in [0.717, 1.165) is 38.5 Å². The van der Waals surface area contributed by atoms with Crippen molar-refractivity contribution < 1.29 is 24.5 Å². The summed E-state index contributed by atoms with van der Waals surface area (Å²) < 4.78 is 5.51. The summed E-state index contributed by atoms with van der Waals surface area (Å²) in [5.74, 6) is -0.00145. The van der Waals surface area contributed by atoms with Crippen LogP contribution in [0.15, 0.2) is 12.2 Å². The van der Waals surface area contributed by atoms with E-state index in [4.69, 9.17) is 4.74 Å². The molecule has 6 nitrogen and oxygen atoms in total. The molecule has 0 aliphatic heterocycles. The van der Waals surface area contributed by atoms with E-state index in [1.807, 2.05) is 0 Å². The average Bonchev–Trinajstić information content (AvgIpc) is 3.58. The quantitative estimate of drug-likeness (QED) is 0.0320. The van der Waals surface area contributed by atoms with E-state index in [1.54, 1.807) is 0 Å². The van der Waals surface area contributed by atoms with Crippen molar-refractivity contribution in [2.45, 2.75) is 482 Å². The van der Waals surface area contributed by atoms with Crippen molar-refractivity contribution in [3.63, 3.8) is 0 Å². The van der Waals surface area contributed by atoms with Gasteiger partial charge in [0.15, 0.2) is 0 Å². The van der Waals surface area contributed by atoms with Crippen molar-refractivity contribution in [3.8, 4) is 0 Å². The largest absolute Gasteiger partial charge is 0.466 e. The predicted molar refractivity (Wildman–Crippen MR) is 384 cm³/mol. The Morgan fingerprint density at radius 1 is 0.310 bits per heavy atom. The molecule has 2 unspecified atom stereocenters. The van der Waals surface area contributed by atoms with Gasteiger partial charge in [-0.15, -0.1) is 0 Å². The van der Waals surface area contributed by atoms with Crippen LogP contribution in [0.25, 0.3) is 0 Å². The molecule has 0 bridgehead atoms. The van der Waals surface area contributed by atoms with Crippen LogP contribution in [0.3, 0.4) is 0 Å². The van der Waals surface area contributed by atoms with Gasteiger partial charge in [0.05, 0.1) is 25.4 Å². The molecule has 0 spiro atoms. The van der Waals surface area contributed by atoms with E-state index >= 15 is 0 Å². The number of aliphatic hydroxyl groups excluding tert-OH is 2. The highest BCUT2D eigenvalue weighted by Crippen LogP contribution is 2.20. The number of hydrogen-bond donors (Lipinski definition) is 3. The van der Waals surface area contributed by atoms with Gasteiger partial charge < -0.3 is 20.3 Å². The van der Waals surface area contributed by atoms with Gasteiger partial charge in [-0.1, -0.05) is 418 Å². The predicted octanol–water partition coefficient (Wildman–Crippen LogP) is 26.7. The summed E-state index contributed by atoms with van der Waals surface area (Å²) in [7, 11) is 0. The Balaban J connectivity index is 3.33. The topological polar surface area (TPSA) is 95.9 Å². The van der Waals surface area contributed by atoms with E-state index in [-0.39, 0.29) is 18.5 Å². The molecule has 0 aromatic heterocycles. The molecule has 6 heteroatoms. The summed E-state index contributed by atoms with van der Waals surface area (Å²) >= 11 is 0. The fraction of sp³-hybridized carbons (Fsp3) is 0.951. The summed E-state index contributed by atoms with van der Waals surface area (Å²) in [4.78, 5) is 24.7. The molecule has 0 fully saturated rings. The molecule has 0 aliphatic carbocycles. The summed E-state index contributed by atoms with van der Waals surface area (Å²) in [6, 6.07) is -0.539. The average molecular weight is 1230 g/mol. The van der Waals surface area contributed by atoms with Crippen molar-refractivity contribution in [2.24, 2.45) is 0 Å². The van der Waals surface area contributed by atoms with E-state index in [2.05, 4.69) is 31.3 Å². The van der Waals surface area contributed by atoms with Gasteiger partial charge in [0, 0.05) is 12.8 Å². The Bertz CT molecular complexity index is 1320. The van der Waals surface area contributed by atoms with Crippen LogP contribution in [0.4, 0.5) is 0 Å². The number of rotatable bonds is 77. The maximum absolute atomic E-state index is 12.6. The third-order valence-electron chi connectivity index (χ3n) is 19.3. The van der Waals surface area contributed by atoms with Crippen molar-refractivity contribution >= 4 is 11.9 Å². The molecule has 1 amide bonds. The number of unbranched alkanes of at least 4 members (excludes halogenated alkanes) is 64. The van der Waals surface area contributed by atoms with Crippen LogP contribution >= 0.6 is 0 Å². The van der Waals surface area contributed by atoms with Gasteiger partial charge >= 0.3 is 5.97 Å². The Labute approximate surface area is 546 Å². The molecule has 0 rings (SSSR count). The standard InChI is InChI=1S/C81H159NO5/c1-3-5-7-9-11-13-15-17-19-20-21-39-42-46-49-53-57-61-65-69-73-79(84)78(77-83)82-80(85)74-70-66-62-58-54-50-47-43-40-37-35-33-31-29-27-25-23-22-24-26-28-30-32-34-36-38-41-44-48-52-56-60-64-68-72-76-87-81(86)75-71-67-63-59-55-51-45-18-16-14-12-10-8-6-4-2/h24,26,78-79,83-84H,3-23,25,27-77H2,1-2H3,(H,82,85)/b26-24-. The second kappa shape index (κ2) is 77.1. The van der Waals surface area contributed by atoms with E-state index in [9.17, 15) is 19.8 Å². The van der Waals surface area contributed by atoms with Gasteiger partial charge in [0.2, 0.25) is 5.91 Å². The highest BCUT2D eigenvalue weighted by Gasteiger charge is 2.20. The van der Waals surface area contributed by atoms with Crippen LogP contribution in [0, 0.1) is 0 Å². The Hall–Kier alpha value is -1.40. The summed E-state index contributed by atoms with van der Waals surface area (Å²) in [5.41, 5.74) is 0. The van der Waals surface area contributed by atoms with E-state index in [1.165, 1.54) is 398 Å². The molecule has 0 aromatic carbocycles. The second-order valence-electron chi connectivity index (χ2n) is 28.1. The van der Waals surface area contributed by atoms with Gasteiger partial charge in [-0.05, 0) is 51.4 Å². The number of nitrogens with one attached hydrogen (secondary N) is 1. The van der Waals surface area contributed by atoms with Gasteiger partial charge in [-0.2, -0.15) is 0 Å². The fourth-order valence-electron chi connectivity index (χ4n) is 13.2. The van der Waals surface area contributed by atoms with Crippen molar-refractivity contribution in [1.29, 1.82) is 0 Å². The third kappa shape index (κ3) is 73.5. The van der Waals surface area contributed by atoms with Crippen molar-refractivity contribution in [3.05, 3.63) is 12.2 Å². The molecule has 518 valence electrons. The number of esters is 1. The van der Waals surface area contributed by atoms with Crippen LogP contribution in [0.5, 0.6) is 0 Å². The third-order valence-corrected chi connectivity index (χ3v) is 19.3. The lowest BCUT2D eigenvalue weighted by atomic mass is 10.0. The molecule has 0 saturated carbocycles. The minimum absolute atomic E-state index is 0.0244. The summed E-state index contributed by atoms with van der Waals surface area (Å²) in [6.07, 6.45) is 97.4. The lowest BCUT2D eigenvalue weighted by molar-refractivity contribution is -0.143. The van der Waals surface area contributed by atoms with E-state index < -0.39 is 12.1 Å². The van der Waals surface area contributed by atoms with Gasteiger partial charge in [0.25, 0.3) is 0 Å². The number of hydrogen-bond acceptors (Lipinski definition) is 5. The minimum Gasteiger partial charge on any atom is -0.466 e. The molecule has 2 atom stereocenters. The van der Waals surface area contributed by atoms with Crippen LogP contribution in [-0.2, 0) is 14.3 Å². The lowest BCUT2D eigenvalue weighted by Crippen LogP contribution is -2.45. The maximum Gasteiger partial charge on any atom is 0.305 e. The second-order valence-corrected chi connectivity index (χ2v) is 28.1. The Kier molecular flexibility index (Phi) is 75.8. The minimum atomic E-state index is -0.662. The zero-order valence-electron chi connectivity index (χ0n) is 59.5. The van der Waals surface area contributed by atoms with Crippen molar-refractivity contribution in [1.82, 2.24) is 5.32 Å². The molecule has 0 aromatic rings. The van der Waals surface area contributed by atoms with Gasteiger partial charge in [-0.3, -0.25) is 9.59 Å². The van der Waals surface area contributed by atoms with Gasteiger partial charge in [0.1, 0.15) is 0 Å². The highest BCUT2D eigenvalue weighted by atomic mass is 16.5. The Morgan fingerprint density at radius 3 is 0.816 bits per heavy atom. The maximum atomic E-state index is 12.6. The lowest BCUT2D eigenvalue weighted by Gasteiger charge is -2.22. The van der Waals surface area contributed by atoms with Crippen LogP contribution in [0.2, 0.25) is 0 Å².